The van der Waals surface area contributed by atoms with Gasteiger partial charge in [0, 0.05) is 25.4 Å². The molecule has 154 valence electrons. The van der Waals surface area contributed by atoms with Crippen LogP contribution in [-0.2, 0) is 4.79 Å². The Labute approximate surface area is 166 Å². The summed E-state index contributed by atoms with van der Waals surface area (Å²) in [7, 11) is 1.83. The number of aliphatic imine (C=N–C) groups is 1. The summed E-state index contributed by atoms with van der Waals surface area (Å²) in [6.45, 7) is -0.00742. The molecular weight excluding hydrogens is 383 g/mol. The molecule has 0 aromatic rings. The van der Waals surface area contributed by atoms with E-state index < -0.39 is 23.6 Å². The van der Waals surface area contributed by atoms with Crippen LogP contribution >= 0.6 is 0 Å². The van der Waals surface area contributed by atoms with Gasteiger partial charge >= 0.3 is 6.18 Å². The Hall–Kier alpha value is -3.23. The molecular formula is C20H22F3N5O. The molecule has 9 heteroatoms. The van der Waals surface area contributed by atoms with Crippen LogP contribution in [0.2, 0.25) is 0 Å². The predicted molar refractivity (Wildman–Crippen MR) is 105 cm³/mol. The predicted octanol–water partition coefficient (Wildman–Crippen LogP) is 2.37. The number of hydrogen-bond acceptors (Lipinski definition) is 5. The number of amidine groups is 1. The van der Waals surface area contributed by atoms with Crippen LogP contribution in [0.4, 0.5) is 13.2 Å². The molecule has 0 fully saturated rings. The number of carbonyl (C=O) groups excluding carboxylic acids is 1. The van der Waals surface area contributed by atoms with E-state index in [9.17, 15) is 18.0 Å². The molecule has 0 radical (unpaired) electrons. The van der Waals surface area contributed by atoms with Crippen LogP contribution in [0.5, 0.6) is 0 Å². The fourth-order valence-electron chi connectivity index (χ4n) is 3.23. The lowest BCUT2D eigenvalue weighted by molar-refractivity contribution is -0.122. The van der Waals surface area contributed by atoms with E-state index >= 15 is 0 Å². The summed E-state index contributed by atoms with van der Waals surface area (Å²) in [5.41, 5.74) is 14.0. The summed E-state index contributed by atoms with van der Waals surface area (Å²) in [6.07, 6.45) is 7.23. The van der Waals surface area contributed by atoms with Crippen molar-refractivity contribution in [2.75, 3.05) is 13.6 Å². The second-order valence-corrected chi connectivity index (χ2v) is 6.87. The number of halogens is 3. The van der Waals surface area contributed by atoms with E-state index in [4.69, 9.17) is 11.5 Å². The van der Waals surface area contributed by atoms with Crippen molar-refractivity contribution in [1.29, 1.82) is 0 Å². The Morgan fingerprint density at radius 3 is 2.76 bits per heavy atom. The third-order valence-electron chi connectivity index (χ3n) is 4.80. The molecule has 3 aliphatic rings. The molecule has 0 unspecified atom stereocenters. The molecule has 1 atom stereocenters. The molecule has 5 N–H and O–H groups in total. The van der Waals surface area contributed by atoms with Crippen molar-refractivity contribution >= 4 is 11.7 Å². The molecule has 1 amide bonds. The number of dihydropyridines is 1. The number of nitrogens with one attached hydrogen (secondary N) is 1. The highest BCUT2D eigenvalue weighted by molar-refractivity contribution is 6.06. The van der Waals surface area contributed by atoms with E-state index in [1.54, 1.807) is 18.2 Å². The quantitative estimate of drug-likeness (QED) is 0.657. The van der Waals surface area contributed by atoms with Crippen LogP contribution < -0.4 is 16.8 Å². The van der Waals surface area contributed by atoms with Crippen LogP contribution in [0.25, 0.3) is 0 Å². The van der Waals surface area contributed by atoms with E-state index in [1.807, 2.05) is 30.3 Å². The molecule has 2 aliphatic heterocycles. The largest absolute Gasteiger partial charge is 0.412 e. The molecule has 0 bridgehead atoms. The number of rotatable bonds is 2. The Balaban J connectivity index is 1.67. The zero-order chi connectivity index (χ0) is 21.2. The van der Waals surface area contributed by atoms with E-state index in [0.29, 0.717) is 23.5 Å². The second-order valence-electron chi connectivity index (χ2n) is 6.87. The minimum absolute atomic E-state index is 0.00742. The first kappa shape index (κ1) is 20.5. The van der Waals surface area contributed by atoms with E-state index in [1.165, 1.54) is 0 Å². The van der Waals surface area contributed by atoms with Gasteiger partial charge < -0.3 is 21.7 Å². The van der Waals surface area contributed by atoms with Gasteiger partial charge in [-0.15, -0.1) is 0 Å². The topological polar surface area (TPSA) is 96.7 Å². The highest BCUT2D eigenvalue weighted by Gasteiger charge is 2.34. The minimum atomic E-state index is -4.42. The van der Waals surface area contributed by atoms with Crippen molar-refractivity contribution in [2.45, 2.75) is 19.0 Å². The smallest absolute Gasteiger partial charge is 0.397 e. The average Bonchev–Trinajstić information content (AvgIpc) is 2.67. The lowest BCUT2D eigenvalue weighted by Crippen LogP contribution is -2.36. The first-order valence-electron chi connectivity index (χ1n) is 9.05. The van der Waals surface area contributed by atoms with E-state index in [2.05, 4.69) is 10.3 Å². The summed E-state index contributed by atoms with van der Waals surface area (Å²) in [5.74, 6) is -1.01. The van der Waals surface area contributed by atoms with Gasteiger partial charge in [0.15, 0.2) is 0 Å². The third kappa shape index (κ3) is 4.61. The Morgan fingerprint density at radius 1 is 1.38 bits per heavy atom. The van der Waals surface area contributed by atoms with Gasteiger partial charge in [0.25, 0.3) is 0 Å². The van der Waals surface area contributed by atoms with Crippen molar-refractivity contribution in [3.63, 3.8) is 0 Å². The Bertz CT molecular complexity index is 919. The summed E-state index contributed by atoms with van der Waals surface area (Å²) in [4.78, 5) is 18.2. The monoisotopic (exact) mass is 405 g/mol. The SMILES string of the molecule is CN1C=CC=C(N)/C1=C(/N)C1=CC[C@H](C(=O)NC2=NCCC(C(F)(F)F)=C2)C=C1. The van der Waals surface area contributed by atoms with Crippen LogP contribution in [0.15, 0.2) is 75.9 Å². The van der Waals surface area contributed by atoms with E-state index in [-0.39, 0.29) is 18.8 Å². The zero-order valence-corrected chi connectivity index (χ0v) is 15.8. The molecule has 6 nitrogen and oxygen atoms in total. The fourth-order valence-corrected chi connectivity index (χ4v) is 3.23. The number of likely N-dealkylation sites (N-methyl/N-ethyl adjacent to an activating group) is 1. The van der Waals surface area contributed by atoms with Crippen molar-refractivity contribution < 1.29 is 18.0 Å². The maximum absolute atomic E-state index is 12.8. The first-order valence-corrected chi connectivity index (χ1v) is 9.05. The maximum atomic E-state index is 12.8. The highest BCUT2D eigenvalue weighted by Crippen LogP contribution is 2.30. The normalized spacial score (nSPS) is 23.7. The van der Waals surface area contributed by atoms with Crippen molar-refractivity contribution in [2.24, 2.45) is 22.4 Å². The van der Waals surface area contributed by atoms with Gasteiger partial charge in [0.05, 0.1) is 23.0 Å². The van der Waals surface area contributed by atoms with Gasteiger partial charge in [0.1, 0.15) is 5.84 Å². The molecule has 3 rings (SSSR count). The van der Waals surface area contributed by atoms with Gasteiger partial charge in [-0.05, 0) is 36.6 Å². The first-order chi connectivity index (χ1) is 13.7. The van der Waals surface area contributed by atoms with Crippen LogP contribution in [0.3, 0.4) is 0 Å². The molecule has 1 aliphatic carbocycles. The minimum Gasteiger partial charge on any atom is -0.397 e. The number of hydrogen-bond donors (Lipinski definition) is 3. The molecule has 0 saturated heterocycles. The van der Waals surface area contributed by atoms with Gasteiger partial charge in [0.2, 0.25) is 5.91 Å². The number of carbonyl (C=O) groups is 1. The van der Waals surface area contributed by atoms with Crippen LogP contribution in [0.1, 0.15) is 12.8 Å². The Morgan fingerprint density at radius 2 is 2.14 bits per heavy atom. The van der Waals surface area contributed by atoms with Gasteiger partial charge in [-0.2, -0.15) is 13.2 Å². The lowest BCUT2D eigenvalue weighted by atomic mass is 9.93. The molecule has 2 heterocycles. The number of alkyl halides is 3. The van der Waals surface area contributed by atoms with Crippen LogP contribution in [0, 0.1) is 5.92 Å². The number of nitrogens with two attached hydrogens (primary N) is 2. The fraction of sp³-hybridized carbons (Fsp3) is 0.300. The number of nitrogens with zero attached hydrogens (tertiary/aromatic N) is 2. The second kappa shape index (κ2) is 8.02. The summed E-state index contributed by atoms with van der Waals surface area (Å²) in [6, 6.07) is 0. The standard InChI is InChI=1S/C20H22F3N5O/c1-28-10-2-3-15(24)18(28)17(25)12-4-6-13(7-5-12)19(29)27-16-11-14(8-9-26-16)20(21,22)23/h2-6,10-11,13H,7-9,24-25H2,1H3,(H,26,27,29)/b18-17-/t13-/m1/s1. The zero-order valence-electron chi connectivity index (χ0n) is 15.8. The number of amides is 1. The molecule has 0 aromatic carbocycles. The molecule has 0 aromatic heterocycles. The van der Waals surface area contributed by atoms with E-state index in [0.717, 1.165) is 11.6 Å². The van der Waals surface area contributed by atoms with Crippen molar-refractivity contribution in [1.82, 2.24) is 10.2 Å². The molecule has 0 spiro atoms. The Kier molecular flexibility index (Phi) is 5.67. The van der Waals surface area contributed by atoms with Crippen LogP contribution in [-0.4, -0.2) is 36.4 Å². The molecule has 29 heavy (non-hydrogen) atoms. The number of allylic oxidation sites excluding steroid dienone is 4. The van der Waals surface area contributed by atoms with Gasteiger partial charge in [-0.3, -0.25) is 9.79 Å². The summed E-state index contributed by atoms with van der Waals surface area (Å²) in [5, 5.41) is 2.48. The van der Waals surface area contributed by atoms with Gasteiger partial charge in [-0.25, -0.2) is 0 Å². The summed E-state index contributed by atoms with van der Waals surface area (Å²) >= 11 is 0. The van der Waals surface area contributed by atoms with Crippen molar-refractivity contribution in [3.8, 4) is 0 Å². The molecule has 0 saturated carbocycles. The lowest BCUT2D eigenvalue weighted by Gasteiger charge is -2.25. The summed E-state index contributed by atoms with van der Waals surface area (Å²) < 4.78 is 38.5. The van der Waals surface area contributed by atoms with Gasteiger partial charge in [-0.1, -0.05) is 18.2 Å². The third-order valence-corrected chi connectivity index (χ3v) is 4.80. The highest BCUT2D eigenvalue weighted by atomic mass is 19.4. The maximum Gasteiger partial charge on any atom is 0.412 e. The van der Waals surface area contributed by atoms with Crippen molar-refractivity contribution in [3.05, 3.63) is 70.9 Å². The average molecular weight is 405 g/mol.